The highest BCUT2D eigenvalue weighted by Gasteiger charge is 1.97. The minimum Gasteiger partial charge on any atom is -0.333 e. The van der Waals surface area contributed by atoms with Crippen LogP contribution in [0.15, 0.2) is 18.2 Å². The lowest BCUT2D eigenvalue weighted by Crippen LogP contribution is -1.77. The fraction of sp³-hybridized carbons (Fsp3) is 0.143. The van der Waals surface area contributed by atoms with Crippen LogP contribution >= 0.6 is 11.6 Å². The quantitative estimate of drug-likeness (QED) is 0.607. The van der Waals surface area contributed by atoms with Crippen molar-refractivity contribution in [2.45, 2.75) is 0 Å². The molecule has 0 bridgehead atoms. The normalized spacial score (nSPS) is 8.45. The van der Waals surface area contributed by atoms with E-state index >= 15 is 0 Å². The second kappa shape index (κ2) is 5.04. The lowest BCUT2D eigenvalue weighted by molar-refractivity contribution is 0.583. The first kappa shape index (κ1) is 10.3. The molecule has 1 nitrogen and oxygen atoms in total. The van der Waals surface area contributed by atoms with Gasteiger partial charge in [0, 0.05) is 6.07 Å². The molecular formula is C7H8ClF2N. The van der Waals surface area contributed by atoms with Crippen LogP contribution in [0.2, 0.25) is 5.02 Å². The van der Waals surface area contributed by atoms with E-state index in [-0.39, 0.29) is 5.02 Å². The third-order valence-electron chi connectivity index (χ3n) is 0.882. The van der Waals surface area contributed by atoms with Crippen molar-refractivity contribution in [1.82, 2.24) is 0 Å². The Balaban J connectivity index is 0.000000461. The van der Waals surface area contributed by atoms with E-state index in [1.807, 2.05) is 0 Å². The highest BCUT2D eigenvalue weighted by molar-refractivity contribution is 6.30. The third-order valence-corrected chi connectivity index (χ3v) is 1.19. The summed E-state index contributed by atoms with van der Waals surface area (Å²) < 4.78 is 24.3. The second-order valence-corrected chi connectivity index (χ2v) is 1.97. The van der Waals surface area contributed by atoms with Crippen molar-refractivity contribution >= 4 is 11.6 Å². The van der Waals surface area contributed by atoms with Gasteiger partial charge >= 0.3 is 0 Å². The van der Waals surface area contributed by atoms with E-state index in [1.165, 1.54) is 13.1 Å². The van der Waals surface area contributed by atoms with Crippen molar-refractivity contribution < 1.29 is 8.78 Å². The minimum atomic E-state index is -0.725. The Morgan fingerprint density at radius 3 is 2.18 bits per heavy atom. The van der Waals surface area contributed by atoms with Gasteiger partial charge in [0.1, 0.15) is 11.6 Å². The predicted octanol–water partition coefficient (Wildman–Crippen LogP) is 2.19. The molecule has 1 aromatic carbocycles. The molecule has 0 aliphatic carbocycles. The van der Waals surface area contributed by atoms with Crippen LogP contribution in [0.4, 0.5) is 8.78 Å². The summed E-state index contributed by atoms with van der Waals surface area (Å²) in [7, 11) is 1.50. The number of nitrogens with two attached hydrogens (primary N) is 1. The van der Waals surface area contributed by atoms with E-state index in [1.54, 1.807) is 0 Å². The number of benzene rings is 1. The summed E-state index contributed by atoms with van der Waals surface area (Å²) in [6, 6.07) is 3.01. The largest absolute Gasteiger partial charge is 0.333 e. The van der Waals surface area contributed by atoms with Crippen LogP contribution in [0, 0.1) is 11.6 Å². The summed E-state index contributed by atoms with van der Waals surface area (Å²) in [4.78, 5) is 0. The van der Waals surface area contributed by atoms with Crippen LogP contribution in [0.3, 0.4) is 0 Å². The minimum absolute atomic E-state index is 0.0589. The molecule has 0 amide bonds. The molecule has 1 rings (SSSR count). The molecule has 0 atom stereocenters. The fourth-order valence-corrected chi connectivity index (χ4v) is 0.588. The van der Waals surface area contributed by atoms with Gasteiger partial charge in [0.15, 0.2) is 0 Å². The summed E-state index contributed by atoms with van der Waals surface area (Å²) in [5.41, 5.74) is 4.50. The maximum absolute atomic E-state index is 12.2. The molecule has 1 aromatic rings. The highest BCUT2D eigenvalue weighted by atomic mass is 35.5. The smallest absolute Gasteiger partial charge is 0.144 e. The van der Waals surface area contributed by atoms with E-state index in [9.17, 15) is 8.78 Å². The summed E-state index contributed by atoms with van der Waals surface area (Å²) in [5, 5.41) is -0.0589. The zero-order valence-electron chi connectivity index (χ0n) is 5.94. The standard InChI is InChI=1S/C6H3ClF2.CH5N/c7-5-2-1-4(8)3-6(5)9;1-2/h1-3H;2H2,1H3. The van der Waals surface area contributed by atoms with Crippen molar-refractivity contribution in [3.8, 4) is 0 Å². The van der Waals surface area contributed by atoms with Gasteiger partial charge in [0.05, 0.1) is 5.02 Å². The van der Waals surface area contributed by atoms with Gasteiger partial charge in [-0.1, -0.05) is 11.6 Å². The number of halogens is 3. The molecule has 62 valence electrons. The molecule has 0 saturated heterocycles. The van der Waals surface area contributed by atoms with Gasteiger partial charge < -0.3 is 5.73 Å². The van der Waals surface area contributed by atoms with Gasteiger partial charge in [-0.15, -0.1) is 0 Å². The Morgan fingerprint density at radius 1 is 1.27 bits per heavy atom. The second-order valence-electron chi connectivity index (χ2n) is 1.56. The fourth-order valence-electron chi connectivity index (χ4n) is 0.470. The lowest BCUT2D eigenvalue weighted by Gasteiger charge is -1.90. The van der Waals surface area contributed by atoms with Crippen molar-refractivity contribution in [2.24, 2.45) is 5.73 Å². The Morgan fingerprint density at radius 2 is 1.82 bits per heavy atom. The Labute approximate surface area is 68.8 Å². The van der Waals surface area contributed by atoms with Crippen LogP contribution in [-0.2, 0) is 0 Å². The van der Waals surface area contributed by atoms with E-state index in [0.29, 0.717) is 0 Å². The van der Waals surface area contributed by atoms with E-state index in [2.05, 4.69) is 5.73 Å². The molecule has 0 saturated carbocycles. The van der Waals surface area contributed by atoms with Gasteiger partial charge in [-0.3, -0.25) is 0 Å². The van der Waals surface area contributed by atoms with Crippen molar-refractivity contribution in [3.63, 3.8) is 0 Å². The van der Waals surface area contributed by atoms with Gasteiger partial charge in [-0.2, -0.15) is 0 Å². The monoisotopic (exact) mass is 179 g/mol. The predicted molar refractivity (Wildman–Crippen MR) is 41.5 cm³/mol. The van der Waals surface area contributed by atoms with Gasteiger partial charge in [0.25, 0.3) is 0 Å². The first-order chi connectivity index (χ1) is 5.20. The first-order valence-electron chi connectivity index (χ1n) is 2.88. The number of hydrogen-bond donors (Lipinski definition) is 1. The molecule has 0 aliphatic rings. The van der Waals surface area contributed by atoms with Crippen molar-refractivity contribution in [3.05, 3.63) is 34.9 Å². The molecule has 0 fully saturated rings. The van der Waals surface area contributed by atoms with E-state index in [0.717, 1.165) is 12.1 Å². The molecule has 0 unspecified atom stereocenters. The molecule has 0 aliphatic heterocycles. The van der Waals surface area contributed by atoms with Crippen LogP contribution in [0.1, 0.15) is 0 Å². The zero-order valence-corrected chi connectivity index (χ0v) is 6.70. The average Bonchev–Trinajstić information content (AvgIpc) is 2.02. The highest BCUT2D eigenvalue weighted by Crippen LogP contribution is 2.13. The molecule has 0 radical (unpaired) electrons. The Bertz CT molecular complexity index is 228. The van der Waals surface area contributed by atoms with E-state index in [4.69, 9.17) is 11.6 Å². The molecule has 0 aromatic heterocycles. The SMILES string of the molecule is CN.Fc1ccc(Cl)c(F)c1. The molecule has 2 N–H and O–H groups in total. The first-order valence-corrected chi connectivity index (χ1v) is 3.26. The van der Waals surface area contributed by atoms with Crippen molar-refractivity contribution in [2.75, 3.05) is 7.05 Å². The maximum Gasteiger partial charge on any atom is 0.144 e. The number of hydrogen-bond acceptors (Lipinski definition) is 1. The summed E-state index contributed by atoms with van der Waals surface area (Å²) in [6.07, 6.45) is 0. The summed E-state index contributed by atoms with van der Waals surface area (Å²) in [5.74, 6) is -1.34. The maximum atomic E-state index is 12.2. The molecular weight excluding hydrogens is 172 g/mol. The molecule has 11 heavy (non-hydrogen) atoms. The third kappa shape index (κ3) is 3.30. The van der Waals surface area contributed by atoms with Crippen LogP contribution in [-0.4, -0.2) is 7.05 Å². The Kier molecular flexibility index (Phi) is 4.74. The topological polar surface area (TPSA) is 26.0 Å². The van der Waals surface area contributed by atoms with Gasteiger partial charge in [-0.05, 0) is 19.2 Å². The van der Waals surface area contributed by atoms with Crippen LogP contribution in [0.5, 0.6) is 0 Å². The zero-order chi connectivity index (χ0) is 8.85. The Hall–Kier alpha value is -0.670. The van der Waals surface area contributed by atoms with Gasteiger partial charge in [0.2, 0.25) is 0 Å². The number of rotatable bonds is 0. The summed E-state index contributed by atoms with van der Waals surface area (Å²) in [6.45, 7) is 0. The average molecular weight is 180 g/mol. The van der Waals surface area contributed by atoms with Crippen LogP contribution < -0.4 is 5.73 Å². The van der Waals surface area contributed by atoms with Crippen LogP contribution in [0.25, 0.3) is 0 Å². The van der Waals surface area contributed by atoms with E-state index < -0.39 is 11.6 Å². The van der Waals surface area contributed by atoms with Gasteiger partial charge in [-0.25, -0.2) is 8.78 Å². The molecule has 0 heterocycles. The lowest BCUT2D eigenvalue weighted by atomic mass is 10.3. The van der Waals surface area contributed by atoms with Crippen molar-refractivity contribution in [1.29, 1.82) is 0 Å². The molecule has 0 spiro atoms. The summed E-state index contributed by atoms with van der Waals surface area (Å²) >= 11 is 5.24. The molecule has 4 heteroatoms.